The number of hydrogen-bond donors (Lipinski definition) is 2. The van der Waals surface area contributed by atoms with Crippen molar-refractivity contribution in [2.24, 2.45) is 0 Å². The highest BCUT2D eigenvalue weighted by Crippen LogP contribution is 2.31. The third-order valence-corrected chi connectivity index (χ3v) is 4.32. The van der Waals surface area contributed by atoms with Gasteiger partial charge in [-0.15, -0.1) is 0 Å². The highest BCUT2D eigenvalue weighted by Gasteiger charge is 2.23. The maximum absolute atomic E-state index is 12.3. The van der Waals surface area contributed by atoms with Crippen molar-refractivity contribution in [1.82, 2.24) is 20.0 Å². The number of rotatable bonds is 5. The highest BCUT2D eigenvalue weighted by atomic mass is 16.2. The zero-order valence-corrected chi connectivity index (χ0v) is 13.5. The van der Waals surface area contributed by atoms with Crippen LogP contribution in [0.15, 0.2) is 12.3 Å². The summed E-state index contributed by atoms with van der Waals surface area (Å²) in [7, 11) is 3.29. The molecule has 7 heteroatoms. The van der Waals surface area contributed by atoms with Gasteiger partial charge in [0.15, 0.2) is 0 Å². The van der Waals surface area contributed by atoms with Crippen molar-refractivity contribution in [3.05, 3.63) is 12.3 Å². The predicted molar refractivity (Wildman–Crippen MR) is 84.7 cm³/mol. The Balaban J connectivity index is 1.96. The van der Waals surface area contributed by atoms with E-state index in [1.807, 2.05) is 17.7 Å². The summed E-state index contributed by atoms with van der Waals surface area (Å²) in [6.45, 7) is 1.85. The molecule has 1 saturated carbocycles. The van der Waals surface area contributed by atoms with E-state index in [2.05, 4.69) is 15.7 Å². The number of nitrogens with zero attached hydrogens (tertiary/aromatic N) is 3. The molecule has 0 saturated heterocycles. The number of nitrogens with one attached hydrogen (secondary N) is 2. The number of hydrogen-bond acceptors (Lipinski definition) is 3. The van der Waals surface area contributed by atoms with Gasteiger partial charge < -0.3 is 10.2 Å². The lowest BCUT2D eigenvalue weighted by Gasteiger charge is -2.25. The molecule has 22 heavy (non-hydrogen) atoms. The van der Waals surface area contributed by atoms with E-state index < -0.39 is 0 Å². The Morgan fingerprint density at radius 3 is 2.77 bits per heavy atom. The first-order valence-corrected chi connectivity index (χ1v) is 7.80. The Bertz CT molecular complexity index is 522. The van der Waals surface area contributed by atoms with Crippen LogP contribution >= 0.6 is 0 Å². The van der Waals surface area contributed by atoms with Crippen LogP contribution in [0.3, 0.4) is 0 Å². The van der Waals surface area contributed by atoms with Crippen LogP contribution in [0.2, 0.25) is 0 Å². The third-order valence-electron chi connectivity index (χ3n) is 4.32. The zero-order chi connectivity index (χ0) is 16.1. The van der Waals surface area contributed by atoms with Gasteiger partial charge in [-0.1, -0.05) is 12.8 Å². The first kappa shape index (κ1) is 16.3. The average molecular weight is 307 g/mol. The van der Waals surface area contributed by atoms with Crippen LogP contribution in [0.5, 0.6) is 0 Å². The molecule has 0 bridgehead atoms. The summed E-state index contributed by atoms with van der Waals surface area (Å²) in [5.74, 6) is 0.638. The Kier molecular flexibility index (Phi) is 5.41. The molecule has 0 aromatic carbocycles. The summed E-state index contributed by atoms with van der Waals surface area (Å²) in [4.78, 5) is 25.3. The molecule has 1 heterocycles. The topological polar surface area (TPSA) is 79.3 Å². The Hall–Kier alpha value is -2.05. The Labute approximate surface area is 131 Å². The fraction of sp³-hybridized carbons (Fsp3) is 0.667. The molecular weight excluding hydrogens is 282 g/mol. The minimum Gasteiger partial charge on any atom is -0.359 e. The van der Waals surface area contributed by atoms with Crippen molar-refractivity contribution >= 4 is 17.8 Å². The maximum Gasteiger partial charge on any atom is 0.322 e. The second-order valence-corrected chi connectivity index (χ2v) is 5.87. The summed E-state index contributed by atoms with van der Waals surface area (Å²) in [5, 5.41) is 9.80. The van der Waals surface area contributed by atoms with Gasteiger partial charge >= 0.3 is 6.03 Å². The fourth-order valence-corrected chi connectivity index (χ4v) is 2.76. The van der Waals surface area contributed by atoms with Crippen molar-refractivity contribution in [1.29, 1.82) is 0 Å². The minimum atomic E-state index is -0.226. The average Bonchev–Trinajstić information content (AvgIpc) is 3.16. The van der Waals surface area contributed by atoms with E-state index in [9.17, 15) is 9.59 Å². The number of urea groups is 1. The summed E-state index contributed by atoms with van der Waals surface area (Å²) < 4.78 is 1.90. The third kappa shape index (κ3) is 3.78. The molecule has 0 aliphatic heterocycles. The van der Waals surface area contributed by atoms with Gasteiger partial charge in [0.25, 0.3) is 0 Å². The van der Waals surface area contributed by atoms with Gasteiger partial charge in [-0.25, -0.2) is 9.48 Å². The van der Waals surface area contributed by atoms with E-state index in [0.717, 1.165) is 18.7 Å². The quantitative estimate of drug-likeness (QED) is 0.873. The molecule has 3 amide bonds. The van der Waals surface area contributed by atoms with Crippen molar-refractivity contribution in [2.75, 3.05) is 19.4 Å². The fourth-order valence-electron chi connectivity index (χ4n) is 2.76. The van der Waals surface area contributed by atoms with Crippen LogP contribution in [-0.4, -0.2) is 46.8 Å². The molecule has 1 fully saturated rings. The van der Waals surface area contributed by atoms with E-state index in [4.69, 9.17) is 0 Å². The van der Waals surface area contributed by atoms with Crippen molar-refractivity contribution < 1.29 is 9.59 Å². The van der Waals surface area contributed by atoms with Crippen LogP contribution < -0.4 is 10.6 Å². The van der Waals surface area contributed by atoms with Crippen molar-refractivity contribution in [3.63, 3.8) is 0 Å². The SMILES string of the molecule is CNC(=O)C[C@H](C)N(C)C(=O)Nc1ccnn1C1CCCC1. The lowest BCUT2D eigenvalue weighted by Crippen LogP contribution is -2.41. The van der Waals surface area contributed by atoms with E-state index in [0.29, 0.717) is 6.04 Å². The smallest absolute Gasteiger partial charge is 0.322 e. The number of carbonyl (C=O) groups is 2. The molecule has 1 atom stereocenters. The standard InChI is InChI=1S/C15H25N5O2/c1-11(10-14(21)16-2)19(3)15(22)18-13-8-9-17-20(13)12-6-4-5-7-12/h8-9,11-12H,4-7,10H2,1-3H3,(H,16,21)(H,18,22)/t11-/m0/s1. The van der Waals surface area contributed by atoms with E-state index in [1.54, 1.807) is 25.2 Å². The molecule has 1 aromatic heterocycles. The van der Waals surface area contributed by atoms with Crippen LogP contribution in [0.25, 0.3) is 0 Å². The van der Waals surface area contributed by atoms with E-state index in [-0.39, 0.29) is 24.4 Å². The van der Waals surface area contributed by atoms with Gasteiger partial charge in [0, 0.05) is 32.6 Å². The first-order valence-electron chi connectivity index (χ1n) is 7.80. The second kappa shape index (κ2) is 7.29. The molecule has 1 aliphatic carbocycles. The molecule has 2 N–H and O–H groups in total. The Morgan fingerprint density at radius 2 is 2.14 bits per heavy atom. The monoisotopic (exact) mass is 307 g/mol. The summed E-state index contributed by atoms with van der Waals surface area (Å²) in [6.07, 6.45) is 6.62. The van der Waals surface area contributed by atoms with Gasteiger partial charge in [-0.3, -0.25) is 10.1 Å². The van der Waals surface area contributed by atoms with E-state index in [1.165, 1.54) is 12.8 Å². The van der Waals surface area contributed by atoms with Crippen LogP contribution in [0, 0.1) is 0 Å². The molecule has 1 aromatic rings. The minimum absolute atomic E-state index is 0.0804. The van der Waals surface area contributed by atoms with Gasteiger partial charge in [-0.2, -0.15) is 5.10 Å². The highest BCUT2D eigenvalue weighted by molar-refractivity contribution is 5.89. The molecule has 1 aliphatic rings. The largest absolute Gasteiger partial charge is 0.359 e. The van der Waals surface area contributed by atoms with Gasteiger partial charge in [0.05, 0.1) is 12.2 Å². The number of aromatic nitrogens is 2. The van der Waals surface area contributed by atoms with Crippen molar-refractivity contribution in [2.45, 2.75) is 51.1 Å². The molecule has 7 nitrogen and oxygen atoms in total. The lowest BCUT2D eigenvalue weighted by atomic mass is 10.2. The molecule has 2 rings (SSSR count). The van der Waals surface area contributed by atoms with Crippen LogP contribution in [0.1, 0.15) is 45.1 Å². The van der Waals surface area contributed by atoms with Gasteiger partial charge in [0.2, 0.25) is 5.91 Å². The van der Waals surface area contributed by atoms with Gasteiger partial charge in [-0.05, 0) is 19.8 Å². The molecule has 122 valence electrons. The number of carbonyl (C=O) groups excluding carboxylic acids is 2. The lowest BCUT2D eigenvalue weighted by molar-refractivity contribution is -0.121. The zero-order valence-electron chi connectivity index (χ0n) is 13.5. The predicted octanol–water partition coefficient (Wildman–Crippen LogP) is 1.99. The van der Waals surface area contributed by atoms with E-state index >= 15 is 0 Å². The van der Waals surface area contributed by atoms with Crippen LogP contribution in [-0.2, 0) is 4.79 Å². The second-order valence-electron chi connectivity index (χ2n) is 5.87. The molecule has 0 spiro atoms. The Morgan fingerprint density at radius 1 is 1.45 bits per heavy atom. The molecule has 0 radical (unpaired) electrons. The van der Waals surface area contributed by atoms with Crippen molar-refractivity contribution in [3.8, 4) is 0 Å². The summed E-state index contributed by atoms with van der Waals surface area (Å²) in [5.41, 5.74) is 0. The molecule has 0 unspecified atom stereocenters. The number of anilines is 1. The first-order chi connectivity index (χ1) is 10.5. The van der Waals surface area contributed by atoms with Crippen LogP contribution in [0.4, 0.5) is 10.6 Å². The normalized spacial score (nSPS) is 16.3. The summed E-state index contributed by atoms with van der Waals surface area (Å²) in [6, 6.07) is 1.78. The number of amides is 3. The molecular formula is C15H25N5O2. The maximum atomic E-state index is 12.3. The summed E-state index contributed by atoms with van der Waals surface area (Å²) >= 11 is 0. The van der Waals surface area contributed by atoms with Gasteiger partial charge in [0.1, 0.15) is 5.82 Å².